The highest BCUT2D eigenvalue weighted by atomic mass is 16.2. The van der Waals surface area contributed by atoms with Gasteiger partial charge in [-0.05, 0) is 74.5 Å². The zero-order chi connectivity index (χ0) is 12.9. The summed E-state index contributed by atoms with van der Waals surface area (Å²) in [6.07, 6.45) is 11.0. The third kappa shape index (κ3) is 2.15. The molecule has 5 rings (SSSR count). The lowest BCUT2D eigenvalue weighted by Gasteiger charge is -2.57. The minimum atomic E-state index is 0.202. The van der Waals surface area contributed by atoms with E-state index in [0.717, 1.165) is 37.4 Å². The van der Waals surface area contributed by atoms with Gasteiger partial charge in [-0.1, -0.05) is 0 Å². The van der Waals surface area contributed by atoms with Gasteiger partial charge < -0.3 is 10.2 Å². The summed E-state index contributed by atoms with van der Waals surface area (Å²) < 4.78 is 0. The van der Waals surface area contributed by atoms with Crippen molar-refractivity contribution in [2.45, 2.75) is 51.4 Å². The quantitative estimate of drug-likeness (QED) is 0.815. The first kappa shape index (κ1) is 12.0. The highest BCUT2D eigenvalue weighted by Gasteiger charge is 2.50. The molecule has 3 heteroatoms. The normalized spacial score (nSPS) is 43.8. The number of urea groups is 1. The molecule has 5 fully saturated rings. The largest absolute Gasteiger partial charge is 0.337 e. The van der Waals surface area contributed by atoms with Gasteiger partial charge in [0.05, 0.1) is 0 Å². The fraction of sp³-hybridized carbons (Fsp3) is 0.938. The third-order valence-corrected chi connectivity index (χ3v) is 6.17. The Morgan fingerprint density at radius 3 is 2.05 bits per heavy atom. The number of nitrogens with zero attached hydrogens (tertiary/aromatic N) is 1. The standard InChI is InChI=1S/C16H26N2O/c19-15(18-3-1-2-4-18)17-11-16-8-12-5-13(9-16)7-14(6-12)10-16/h12-14H,1-11H2,(H,17,19). The molecule has 4 saturated carbocycles. The van der Waals surface area contributed by atoms with E-state index >= 15 is 0 Å². The van der Waals surface area contributed by atoms with E-state index < -0.39 is 0 Å². The second kappa shape index (κ2) is 4.39. The molecule has 0 aromatic heterocycles. The fourth-order valence-corrected chi connectivity index (χ4v) is 5.80. The van der Waals surface area contributed by atoms with Crippen LogP contribution in [0.15, 0.2) is 0 Å². The molecule has 0 radical (unpaired) electrons. The van der Waals surface area contributed by atoms with Crippen LogP contribution in [0.4, 0.5) is 4.79 Å². The molecule has 106 valence electrons. The van der Waals surface area contributed by atoms with Crippen LogP contribution in [-0.4, -0.2) is 30.6 Å². The topological polar surface area (TPSA) is 32.3 Å². The predicted octanol–water partition coefficient (Wildman–Crippen LogP) is 3.01. The van der Waals surface area contributed by atoms with Gasteiger partial charge in [-0.2, -0.15) is 0 Å². The molecule has 0 atom stereocenters. The first-order valence-corrected chi connectivity index (χ1v) is 8.25. The van der Waals surface area contributed by atoms with Crippen molar-refractivity contribution in [2.24, 2.45) is 23.2 Å². The van der Waals surface area contributed by atoms with E-state index in [1.807, 2.05) is 4.90 Å². The van der Waals surface area contributed by atoms with Crippen molar-refractivity contribution in [3.05, 3.63) is 0 Å². The van der Waals surface area contributed by atoms with Crippen LogP contribution in [0, 0.1) is 23.2 Å². The molecule has 1 heterocycles. The summed E-state index contributed by atoms with van der Waals surface area (Å²) in [6, 6.07) is 0.202. The zero-order valence-electron chi connectivity index (χ0n) is 11.9. The summed E-state index contributed by atoms with van der Waals surface area (Å²) in [4.78, 5) is 14.2. The Hall–Kier alpha value is -0.730. The molecule has 0 unspecified atom stereocenters. The molecule has 0 aromatic rings. The molecule has 1 aliphatic heterocycles. The zero-order valence-corrected chi connectivity index (χ0v) is 11.9. The van der Waals surface area contributed by atoms with Gasteiger partial charge in [0.1, 0.15) is 0 Å². The van der Waals surface area contributed by atoms with E-state index in [0.29, 0.717) is 5.41 Å². The van der Waals surface area contributed by atoms with Crippen LogP contribution in [0.1, 0.15) is 51.4 Å². The minimum Gasteiger partial charge on any atom is -0.337 e. The summed E-state index contributed by atoms with van der Waals surface area (Å²) in [5.74, 6) is 2.94. The van der Waals surface area contributed by atoms with Gasteiger partial charge in [0.25, 0.3) is 0 Å². The molecule has 0 aromatic carbocycles. The van der Waals surface area contributed by atoms with Crippen LogP contribution >= 0.6 is 0 Å². The Morgan fingerprint density at radius 2 is 1.53 bits per heavy atom. The van der Waals surface area contributed by atoms with E-state index in [2.05, 4.69) is 5.32 Å². The molecule has 4 aliphatic carbocycles. The van der Waals surface area contributed by atoms with E-state index in [9.17, 15) is 4.79 Å². The van der Waals surface area contributed by atoms with E-state index in [4.69, 9.17) is 0 Å². The van der Waals surface area contributed by atoms with E-state index in [1.54, 1.807) is 0 Å². The van der Waals surface area contributed by atoms with Crippen molar-refractivity contribution >= 4 is 6.03 Å². The van der Waals surface area contributed by atoms with Crippen LogP contribution in [0.2, 0.25) is 0 Å². The van der Waals surface area contributed by atoms with Gasteiger partial charge in [-0.25, -0.2) is 4.79 Å². The Bertz CT molecular complexity index is 338. The van der Waals surface area contributed by atoms with Crippen molar-refractivity contribution in [2.75, 3.05) is 19.6 Å². The lowest BCUT2D eigenvalue weighted by Crippen LogP contribution is -2.52. The Morgan fingerprint density at radius 1 is 1.00 bits per heavy atom. The molecule has 3 nitrogen and oxygen atoms in total. The lowest BCUT2D eigenvalue weighted by molar-refractivity contribution is -0.0501. The fourth-order valence-electron chi connectivity index (χ4n) is 5.80. The Labute approximate surface area is 116 Å². The third-order valence-electron chi connectivity index (χ3n) is 6.17. The highest BCUT2D eigenvalue weighted by Crippen LogP contribution is 2.59. The maximum absolute atomic E-state index is 12.2. The van der Waals surface area contributed by atoms with Gasteiger partial charge in [0.15, 0.2) is 0 Å². The van der Waals surface area contributed by atoms with Gasteiger partial charge in [-0.15, -0.1) is 0 Å². The van der Waals surface area contributed by atoms with Crippen molar-refractivity contribution in [1.82, 2.24) is 10.2 Å². The second-order valence-corrected chi connectivity index (χ2v) is 7.77. The molecule has 5 aliphatic rings. The summed E-state index contributed by atoms with van der Waals surface area (Å²) in [7, 11) is 0. The molecule has 4 bridgehead atoms. The van der Waals surface area contributed by atoms with Crippen LogP contribution in [-0.2, 0) is 0 Å². The van der Waals surface area contributed by atoms with Gasteiger partial charge in [-0.3, -0.25) is 0 Å². The number of carbonyl (C=O) groups is 1. The molecule has 19 heavy (non-hydrogen) atoms. The molecular weight excluding hydrogens is 236 g/mol. The monoisotopic (exact) mass is 262 g/mol. The maximum Gasteiger partial charge on any atom is 0.317 e. The molecule has 2 amide bonds. The first-order valence-electron chi connectivity index (χ1n) is 8.25. The molecule has 0 spiro atoms. The number of likely N-dealkylation sites (tertiary alicyclic amines) is 1. The number of hydrogen-bond acceptors (Lipinski definition) is 1. The predicted molar refractivity (Wildman–Crippen MR) is 74.8 cm³/mol. The minimum absolute atomic E-state index is 0.202. The summed E-state index contributed by atoms with van der Waals surface area (Å²) in [5, 5.41) is 3.27. The Balaban J connectivity index is 1.38. The van der Waals surface area contributed by atoms with Crippen LogP contribution in [0.5, 0.6) is 0 Å². The lowest BCUT2D eigenvalue weighted by atomic mass is 9.49. The van der Waals surface area contributed by atoms with Crippen molar-refractivity contribution in [3.8, 4) is 0 Å². The number of rotatable bonds is 2. The highest BCUT2D eigenvalue weighted by molar-refractivity contribution is 5.74. The number of hydrogen-bond donors (Lipinski definition) is 1. The summed E-state index contributed by atoms with van der Waals surface area (Å²) in [6.45, 7) is 2.88. The smallest absolute Gasteiger partial charge is 0.317 e. The van der Waals surface area contributed by atoms with Crippen molar-refractivity contribution in [3.63, 3.8) is 0 Å². The second-order valence-electron chi connectivity index (χ2n) is 7.77. The SMILES string of the molecule is O=C(NCC12CC3CC(CC(C3)C1)C2)N1CCCC1. The summed E-state index contributed by atoms with van der Waals surface area (Å²) >= 11 is 0. The summed E-state index contributed by atoms with van der Waals surface area (Å²) in [5.41, 5.74) is 0.476. The van der Waals surface area contributed by atoms with Gasteiger partial charge in [0, 0.05) is 19.6 Å². The average molecular weight is 262 g/mol. The number of nitrogens with one attached hydrogen (secondary N) is 1. The Kier molecular flexibility index (Phi) is 2.78. The van der Waals surface area contributed by atoms with Gasteiger partial charge >= 0.3 is 6.03 Å². The molecule has 1 saturated heterocycles. The van der Waals surface area contributed by atoms with E-state index in [1.165, 1.54) is 51.4 Å². The van der Waals surface area contributed by atoms with E-state index in [-0.39, 0.29) is 6.03 Å². The first-order chi connectivity index (χ1) is 9.22. The van der Waals surface area contributed by atoms with Crippen molar-refractivity contribution < 1.29 is 4.79 Å². The van der Waals surface area contributed by atoms with Crippen molar-refractivity contribution in [1.29, 1.82) is 0 Å². The average Bonchev–Trinajstić information content (AvgIpc) is 2.88. The molecule has 1 N–H and O–H groups in total. The van der Waals surface area contributed by atoms with Crippen LogP contribution < -0.4 is 5.32 Å². The number of carbonyl (C=O) groups excluding carboxylic acids is 1. The van der Waals surface area contributed by atoms with Crippen LogP contribution in [0.25, 0.3) is 0 Å². The van der Waals surface area contributed by atoms with Crippen LogP contribution in [0.3, 0.4) is 0 Å². The maximum atomic E-state index is 12.2. The number of amides is 2. The molecular formula is C16H26N2O. The van der Waals surface area contributed by atoms with Gasteiger partial charge in [0.2, 0.25) is 0 Å².